The van der Waals surface area contributed by atoms with Gasteiger partial charge in [-0.1, -0.05) is 24.6 Å². The number of nitrogens with zero attached hydrogens (tertiary/aromatic N) is 7. The Kier molecular flexibility index (Phi) is 6.34. The molecule has 3 aromatic rings. The summed E-state index contributed by atoms with van der Waals surface area (Å²) in [7, 11) is 0. The molecule has 8 nitrogen and oxygen atoms in total. The van der Waals surface area contributed by atoms with Crippen LogP contribution in [0.5, 0.6) is 0 Å². The summed E-state index contributed by atoms with van der Waals surface area (Å²) in [6.45, 7) is 9.73. The summed E-state index contributed by atoms with van der Waals surface area (Å²) < 4.78 is 2.06. The maximum absolute atomic E-state index is 6.45. The zero-order chi connectivity index (χ0) is 21.9. The monoisotopic (exact) mass is 452 g/mol. The summed E-state index contributed by atoms with van der Waals surface area (Å²) >= 11 is 6.45. The van der Waals surface area contributed by atoms with Crippen molar-refractivity contribution in [1.82, 2.24) is 34.5 Å². The number of aryl methyl sites for hydroxylation is 1. The van der Waals surface area contributed by atoms with Crippen LogP contribution in [0.15, 0.2) is 30.7 Å². The predicted octanol–water partition coefficient (Wildman–Crippen LogP) is 3.61. The number of likely N-dealkylation sites (N-methyl/N-ethyl adjacent to an activating group) is 1. The zero-order valence-corrected chi connectivity index (χ0v) is 19.2. The molecule has 2 aliphatic rings. The van der Waals surface area contributed by atoms with Crippen LogP contribution in [-0.4, -0.2) is 67.3 Å². The molecule has 5 heterocycles. The van der Waals surface area contributed by atoms with Crippen LogP contribution >= 0.6 is 11.6 Å². The third-order valence-electron chi connectivity index (χ3n) is 6.36. The standard InChI is InChI=1S/C23H29ClN8/c1-2-30-9-11-31(12-10-30)16-17-6-7-21(25-13-17)28-23-26-15-19(24)22(29-23)18-14-27-32-8-4-3-5-20(18)32/h6-7,13-15H,2-5,8-12,16H2,1H3,(H,25,26,28,29). The number of piperazine rings is 1. The summed E-state index contributed by atoms with van der Waals surface area (Å²) in [5.41, 5.74) is 4.12. The fourth-order valence-electron chi connectivity index (χ4n) is 4.46. The first-order chi connectivity index (χ1) is 15.7. The molecule has 5 rings (SSSR count). The molecule has 0 atom stereocenters. The first-order valence-electron chi connectivity index (χ1n) is 11.4. The van der Waals surface area contributed by atoms with Gasteiger partial charge in [0, 0.05) is 56.7 Å². The van der Waals surface area contributed by atoms with Crippen molar-refractivity contribution in [2.45, 2.75) is 39.3 Å². The Morgan fingerprint density at radius 1 is 0.969 bits per heavy atom. The Balaban J connectivity index is 1.27. The molecule has 0 spiro atoms. The highest BCUT2D eigenvalue weighted by molar-refractivity contribution is 6.33. The lowest BCUT2D eigenvalue weighted by Crippen LogP contribution is -2.45. The van der Waals surface area contributed by atoms with Crippen molar-refractivity contribution in [2.75, 3.05) is 38.0 Å². The van der Waals surface area contributed by atoms with E-state index >= 15 is 0 Å². The van der Waals surface area contributed by atoms with E-state index in [1.807, 2.05) is 18.5 Å². The van der Waals surface area contributed by atoms with E-state index in [0.29, 0.717) is 11.0 Å². The number of fused-ring (bicyclic) bond motifs is 1. The smallest absolute Gasteiger partial charge is 0.228 e. The highest BCUT2D eigenvalue weighted by Gasteiger charge is 2.20. The molecular formula is C23H29ClN8. The number of rotatable bonds is 6. The highest BCUT2D eigenvalue weighted by Crippen LogP contribution is 2.32. The summed E-state index contributed by atoms with van der Waals surface area (Å²) in [6, 6.07) is 4.10. The minimum atomic E-state index is 0.482. The molecule has 0 amide bonds. The van der Waals surface area contributed by atoms with Crippen LogP contribution in [0.25, 0.3) is 11.3 Å². The Bertz CT molecular complexity index is 1060. The van der Waals surface area contributed by atoms with Gasteiger partial charge >= 0.3 is 0 Å². The minimum Gasteiger partial charge on any atom is -0.309 e. The van der Waals surface area contributed by atoms with E-state index in [1.54, 1.807) is 6.20 Å². The molecule has 168 valence electrons. The van der Waals surface area contributed by atoms with E-state index < -0.39 is 0 Å². The third-order valence-corrected chi connectivity index (χ3v) is 6.64. The Labute approximate surface area is 193 Å². The number of aromatic nitrogens is 5. The van der Waals surface area contributed by atoms with Crippen molar-refractivity contribution in [2.24, 2.45) is 0 Å². The van der Waals surface area contributed by atoms with Crippen LogP contribution in [0.2, 0.25) is 5.02 Å². The van der Waals surface area contributed by atoms with Gasteiger partial charge in [-0.2, -0.15) is 5.10 Å². The van der Waals surface area contributed by atoms with Crippen LogP contribution < -0.4 is 5.32 Å². The minimum absolute atomic E-state index is 0.482. The van der Waals surface area contributed by atoms with E-state index in [1.165, 1.54) is 11.3 Å². The van der Waals surface area contributed by atoms with Crippen LogP contribution in [0.4, 0.5) is 11.8 Å². The molecule has 0 saturated carbocycles. The van der Waals surface area contributed by atoms with Crippen molar-refractivity contribution < 1.29 is 0 Å². The van der Waals surface area contributed by atoms with Crippen LogP contribution in [0.3, 0.4) is 0 Å². The second-order valence-corrected chi connectivity index (χ2v) is 8.87. The largest absolute Gasteiger partial charge is 0.309 e. The Morgan fingerprint density at radius 3 is 2.59 bits per heavy atom. The molecule has 3 aromatic heterocycles. The molecule has 2 aliphatic heterocycles. The number of nitrogens with one attached hydrogen (secondary N) is 1. The van der Waals surface area contributed by atoms with Gasteiger partial charge in [0.15, 0.2) is 0 Å². The van der Waals surface area contributed by atoms with E-state index in [-0.39, 0.29) is 0 Å². The van der Waals surface area contributed by atoms with Gasteiger partial charge < -0.3 is 10.2 Å². The first kappa shape index (κ1) is 21.3. The molecule has 1 N–H and O–H groups in total. The molecule has 1 saturated heterocycles. The summed E-state index contributed by atoms with van der Waals surface area (Å²) in [5.74, 6) is 1.20. The summed E-state index contributed by atoms with van der Waals surface area (Å²) in [5, 5.41) is 8.26. The highest BCUT2D eigenvalue weighted by atomic mass is 35.5. The average molecular weight is 453 g/mol. The fourth-order valence-corrected chi connectivity index (χ4v) is 4.66. The van der Waals surface area contributed by atoms with Gasteiger partial charge in [-0.25, -0.2) is 15.0 Å². The van der Waals surface area contributed by atoms with Gasteiger partial charge in [0.2, 0.25) is 5.95 Å². The molecule has 32 heavy (non-hydrogen) atoms. The lowest BCUT2D eigenvalue weighted by Gasteiger charge is -2.33. The Hall–Kier alpha value is -2.55. The molecule has 0 aromatic carbocycles. The van der Waals surface area contributed by atoms with Crippen LogP contribution in [0.1, 0.15) is 31.0 Å². The molecule has 1 fully saturated rings. The molecular weight excluding hydrogens is 424 g/mol. The molecule has 0 unspecified atom stereocenters. The SMILES string of the molecule is CCN1CCN(Cc2ccc(Nc3ncc(Cl)c(-c4cnn5c4CCCC5)n3)nc2)CC1. The number of hydrogen-bond donors (Lipinski definition) is 1. The van der Waals surface area contributed by atoms with Crippen LogP contribution in [0, 0.1) is 0 Å². The van der Waals surface area contributed by atoms with E-state index in [0.717, 1.165) is 82.2 Å². The van der Waals surface area contributed by atoms with Gasteiger partial charge in [-0.15, -0.1) is 0 Å². The topological polar surface area (TPSA) is 75.0 Å². The predicted molar refractivity (Wildman–Crippen MR) is 126 cm³/mol. The van der Waals surface area contributed by atoms with E-state index in [4.69, 9.17) is 11.6 Å². The summed E-state index contributed by atoms with van der Waals surface area (Å²) in [6.07, 6.45) is 8.76. The van der Waals surface area contributed by atoms with Crippen LogP contribution in [-0.2, 0) is 19.5 Å². The molecule has 0 radical (unpaired) electrons. The normalized spacial score (nSPS) is 17.3. The maximum Gasteiger partial charge on any atom is 0.228 e. The number of anilines is 2. The van der Waals surface area contributed by atoms with Gasteiger partial charge in [0.05, 0.1) is 23.1 Å². The zero-order valence-electron chi connectivity index (χ0n) is 18.5. The van der Waals surface area contributed by atoms with Crippen molar-refractivity contribution in [3.63, 3.8) is 0 Å². The van der Waals surface area contributed by atoms with E-state index in [2.05, 4.69) is 52.8 Å². The second-order valence-electron chi connectivity index (χ2n) is 8.46. The Morgan fingerprint density at radius 2 is 1.81 bits per heavy atom. The molecule has 0 aliphatic carbocycles. The number of hydrogen-bond acceptors (Lipinski definition) is 7. The van der Waals surface area contributed by atoms with Gasteiger partial charge in [-0.05, 0) is 37.4 Å². The van der Waals surface area contributed by atoms with Crippen molar-refractivity contribution in [1.29, 1.82) is 0 Å². The molecule has 9 heteroatoms. The summed E-state index contributed by atoms with van der Waals surface area (Å²) in [4.78, 5) is 18.6. The number of pyridine rings is 1. The average Bonchev–Trinajstić information content (AvgIpc) is 3.26. The second kappa shape index (κ2) is 9.52. The van der Waals surface area contributed by atoms with E-state index in [9.17, 15) is 0 Å². The fraction of sp³-hybridized carbons (Fsp3) is 0.478. The van der Waals surface area contributed by atoms with Gasteiger partial charge in [0.1, 0.15) is 5.82 Å². The van der Waals surface area contributed by atoms with Gasteiger partial charge in [0.25, 0.3) is 0 Å². The van der Waals surface area contributed by atoms with Crippen molar-refractivity contribution >= 4 is 23.4 Å². The lowest BCUT2D eigenvalue weighted by molar-refractivity contribution is 0.132. The van der Waals surface area contributed by atoms with Crippen molar-refractivity contribution in [3.05, 3.63) is 47.0 Å². The quantitative estimate of drug-likeness (QED) is 0.612. The van der Waals surface area contributed by atoms with Crippen molar-refractivity contribution in [3.8, 4) is 11.3 Å². The number of halogens is 1. The maximum atomic E-state index is 6.45. The third kappa shape index (κ3) is 4.62. The lowest BCUT2D eigenvalue weighted by atomic mass is 10.0. The van der Waals surface area contributed by atoms with Gasteiger partial charge in [-0.3, -0.25) is 9.58 Å². The molecule has 0 bridgehead atoms. The first-order valence-corrected chi connectivity index (χ1v) is 11.8.